The predicted octanol–water partition coefficient (Wildman–Crippen LogP) is 5.78. The molecule has 39 heavy (non-hydrogen) atoms. The number of pyridine rings is 1. The molecule has 198 valence electrons. The van der Waals surface area contributed by atoms with Crippen LogP contribution in [0.1, 0.15) is 11.1 Å². The van der Waals surface area contributed by atoms with Gasteiger partial charge < -0.3 is 14.8 Å². The number of nitrogens with one attached hydrogen (secondary N) is 1. The molecule has 10 heteroatoms. The van der Waals surface area contributed by atoms with Crippen molar-refractivity contribution in [3.8, 4) is 28.4 Å². The van der Waals surface area contributed by atoms with Crippen LogP contribution in [0.3, 0.4) is 0 Å². The molecule has 5 aromatic rings. The van der Waals surface area contributed by atoms with Crippen LogP contribution in [0.25, 0.3) is 28.0 Å². The number of rotatable bonds is 11. The second-order valence-corrected chi connectivity index (χ2v) is 9.85. The Balaban J connectivity index is 1.57. The van der Waals surface area contributed by atoms with Gasteiger partial charge >= 0.3 is 0 Å². The van der Waals surface area contributed by atoms with Crippen molar-refractivity contribution in [1.82, 2.24) is 29.3 Å². The van der Waals surface area contributed by atoms with Gasteiger partial charge in [-0.1, -0.05) is 19.2 Å². The highest BCUT2D eigenvalue weighted by Crippen LogP contribution is 2.35. The molecule has 0 fully saturated rings. The van der Waals surface area contributed by atoms with E-state index in [1.807, 2.05) is 60.7 Å². The van der Waals surface area contributed by atoms with Crippen molar-refractivity contribution in [3.63, 3.8) is 0 Å². The number of aromatic nitrogens is 6. The molecule has 0 bridgehead atoms. The van der Waals surface area contributed by atoms with Crippen LogP contribution in [0.5, 0.6) is 11.5 Å². The van der Waals surface area contributed by atoms with Crippen molar-refractivity contribution in [2.24, 2.45) is 7.05 Å². The number of anilines is 1. The summed E-state index contributed by atoms with van der Waals surface area (Å²) in [5, 5.41) is 9.02. The molecule has 0 spiro atoms. The Morgan fingerprint density at radius 1 is 1.13 bits per heavy atom. The zero-order chi connectivity index (χ0) is 27.4. The highest BCUT2D eigenvalue weighted by atomic mass is 32.2. The van der Waals surface area contributed by atoms with E-state index in [1.165, 1.54) is 0 Å². The fourth-order valence-corrected chi connectivity index (χ4v) is 4.87. The predicted molar refractivity (Wildman–Crippen MR) is 156 cm³/mol. The van der Waals surface area contributed by atoms with E-state index in [1.54, 1.807) is 43.1 Å². The number of nitrogens with zero attached hydrogens (tertiary/aromatic N) is 6. The summed E-state index contributed by atoms with van der Waals surface area (Å²) < 4.78 is 14.7. The van der Waals surface area contributed by atoms with Crippen LogP contribution in [0.2, 0.25) is 0 Å². The quantitative estimate of drug-likeness (QED) is 0.211. The molecule has 0 atom stereocenters. The van der Waals surface area contributed by atoms with E-state index in [0.717, 1.165) is 61.3 Å². The lowest BCUT2D eigenvalue weighted by molar-refractivity contribution is 0.391. The fourth-order valence-electron chi connectivity index (χ4n) is 4.24. The number of hydrogen-bond donors (Lipinski definition) is 1. The van der Waals surface area contributed by atoms with Gasteiger partial charge in [0.25, 0.3) is 0 Å². The van der Waals surface area contributed by atoms with Crippen LogP contribution < -0.4 is 14.8 Å². The molecule has 5 rings (SSSR count). The first kappa shape index (κ1) is 26.1. The van der Waals surface area contributed by atoms with Crippen molar-refractivity contribution in [2.45, 2.75) is 12.3 Å². The Bertz CT molecular complexity index is 1660. The number of thioether (sulfide) groups is 1. The average molecular weight is 540 g/mol. The van der Waals surface area contributed by atoms with Gasteiger partial charge in [0.15, 0.2) is 5.65 Å². The van der Waals surface area contributed by atoms with Gasteiger partial charge in [0.1, 0.15) is 23.6 Å². The monoisotopic (exact) mass is 539 g/mol. The van der Waals surface area contributed by atoms with Crippen LogP contribution in [0.15, 0.2) is 85.6 Å². The Hall–Kier alpha value is -4.57. The van der Waals surface area contributed by atoms with Gasteiger partial charge in [-0.3, -0.25) is 14.2 Å². The minimum Gasteiger partial charge on any atom is -0.497 e. The van der Waals surface area contributed by atoms with Crippen LogP contribution in [0.4, 0.5) is 5.82 Å². The first-order chi connectivity index (χ1) is 19.0. The fraction of sp³-hybridized carbons (Fsp3) is 0.172. The highest BCUT2D eigenvalue weighted by Gasteiger charge is 2.19. The zero-order valence-electron chi connectivity index (χ0n) is 22.1. The smallest absolute Gasteiger partial charge is 0.150 e. The maximum Gasteiger partial charge on any atom is 0.150 e. The van der Waals surface area contributed by atoms with Crippen LogP contribution in [0, 0.1) is 0 Å². The zero-order valence-corrected chi connectivity index (χ0v) is 22.9. The average Bonchev–Trinajstić information content (AvgIpc) is 3.58. The van der Waals surface area contributed by atoms with E-state index in [-0.39, 0.29) is 0 Å². The molecular weight excluding hydrogens is 510 g/mol. The summed E-state index contributed by atoms with van der Waals surface area (Å²) in [5.41, 5.74) is 5.42. The number of benzene rings is 1. The molecule has 1 N–H and O–H groups in total. The van der Waals surface area contributed by atoms with Crippen LogP contribution in [-0.4, -0.2) is 43.5 Å². The van der Waals surface area contributed by atoms with E-state index < -0.39 is 0 Å². The van der Waals surface area contributed by atoms with E-state index in [2.05, 4.69) is 44.6 Å². The molecule has 0 saturated carbocycles. The van der Waals surface area contributed by atoms with Gasteiger partial charge in [-0.05, 0) is 34.7 Å². The Morgan fingerprint density at radius 3 is 2.74 bits per heavy atom. The largest absolute Gasteiger partial charge is 0.497 e. The topological polar surface area (TPSA) is 91.9 Å². The molecule has 9 nitrogen and oxygen atoms in total. The molecular formula is C29H29N7O2S. The van der Waals surface area contributed by atoms with Gasteiger partial charge in [0.05, 0.1) is 37.2 Å². The van der Waals surface area contributed by atoms with Crippen LogP contribution in [-0.2, 0) is 19.3 Å². The summed E-state index contributed by atoms with van der Waals surface area (Å²) in [6.07, 6.45) is 11.0. The third kappa shape index (κ3) is 5.51. The molecule has 0 aliphatic carbocycles. The number of hydrogen-bond acceptors (Lipinski definition) is 8. The Kier molecular flexibility index (Phi) is 7.64. The number of methoxy groups -OCH3 is 2. The summed E-state index contributed by atoms with van der Waals surface area (Å²) >= 11 is 1.63. The lowest BCUT2D eigenvalue weighted by atomic mass is 10.1. The second kappa shape index (κ2) is 11.4. The number of allylic oxidation sites excluding steroid dienone is 1. The van der Waals surface area contributed by atoms with E-state index in [4.69, 9.17) is 9.47 Å². The molecule has 0 unspecified atom stereocenters. The van der Waals surface area contributed by atoms with Gasteiger partial charge in [0.2, 0.25) is 0 Å². The number of fused-ring (bicyclic) bond motifs is 1. The SMILES string of the molecule is C=CC(=C)SCc1cncc(-n2cc(-c3ccn(C)n3)c3c(NCc4ccc(OC)cc4OC)ncnc32)c1. The molecule has 0 radical (unpaired) electrons. The molecule has 0 aliphatic rings. The lowest BCUT2D eigenvalue weighted by Gasteiger charge is -2.12. The van der Waals surface area contributed by atoms with Gasteiger partial charge in [-0.15, -0.1) is 11.8 Å². The minimum atomic E-state index is 0.494. The van der Waals surface area contributed by atoms with Gasteiger partial charge in [-0.2, -0.15) is 5.10 Å². The molecule has 1 aromatic carbocycles. The van der Waals surface area contributed by atoms with Crippen LogP contribution >= 0.6 is 11.8 Å². The summed E-state index contributed by atoms with van der Waals surface area (Å²) in [5.74, 6) is 2.90. The number of aryl methyl sites for hydroxylation is 1. The molecule has 0 saturated heterocycles. The molecule has 4 aromatic heterocycles. The van der Waals surface area contributed by atoms with Crippen molar-refractivity contribution >= 4 is 28.6 Å². The molecule has 4 heterocycles. The van der Waals surface area contributed by atoms with Gasteiger partial charge in [-0.25, -0.2) is 9.97 Å². The summed E-state index contributed by atoms with van der Waals surface area (Å²) in [6, 6.07) is 9.84. The maximum absolute atomic E-state index is 5.59. The molecule has 0 amide bonds. The van der Waals surface area contributed by atoms with E-state index >= 15 is 0 Å². The van der Waals surface area contributed by atoms with Crippen molar-refractivity contribution in [3.05, 3.63) is 96.7 Å². The highest BCUT2D eigenvalue weighted by molar-refractivity contribution is 8.02. The third-order valence-electron chi connectivity index (χ3n) is 6.22. The summed E-state index contributed by atoms with van der Waals surface area (Å²) in [7, 11) is 5.18. The normalized spacial score (nSPS) is 10.9. The lowest BCUT2D eigenvalue weighted by Crippen LogP contribution is -2.05. The van der Waals surface area contributed by atoms with E-state index in [9.17, 15) is 0 Å². The second-order valence-electron chi connectivity index (χ2n) is 8.75. The summed E-state index contributed by atoms with van der Waals surface area (Å²) in [6.45, 7) is 8.27. The summed E-state index contributed by atoms with van der Waals surface area (Å²) in [4.78, 5) is 14.7. The van der Waals surface area contributed by atoms with Crippen molar-refractivity contribution < 1.29 is 9.47 Å². The maximum atomic E-state index is 5.59. The first-order valence-electron chi connectivity index (χ1n) is 12.2. The minimum absolute atomic E-state index is 0.494. The van der Waals surface area contributed by atoms with Crippen molar-refractivity contribution in [2.75, 3.05) is 19.5 Å². The standard InChI is InChI=1S/C29H29N7O2S/c1-6-19(2)39-17-20-11-22(15-30-13-20)36-16-24(25-9-10-35(3)34-25)27-28(32-18-33-29(27)36)31-14-21-7-8-23(37-4)12-26(21)38-5/h6-13,15-16,18H,1-2,14,17H2,3-5H3,(H,31,32,33). The van der Waals surface area contributed by atoms with E-state index in [0.29, 0.717) is 12.4 Å². The Morgan fingerprint density at radius 2 is 2.00 bits per heavy atom. The molecule has 0 aliphatic heterocycles. The van der Waals surface area contributed by atoms with Crippen molar-refractivity contribution in [1.29, 1.82) is 0 Å². The number of ether oxygens (including phenoxy) is 2. The van der Waals surface area contributed by atoms with Gasteiger partial charge in [0, 0.05) is 55.1 Å². The third-order valence-corrected chi connectivity index (χ3v) is 7.24. The first-order valence-corrected chi connectivity index (χ1v) is 13.2. The Labute approximate surface area is 231 Å².